The largest absolute Gasteiger partial charge is 0.353 e. The van der Waals surface area contributed by atoms with E-state index in [1.165, 1.54) is 6.07 Å². The summed E-state index contributed by atoms with van der Waals surface area (Å²) in [5.41, 5.74) is -1.62. The van der Waals surface area contributed by atoms with Crippen molar-refractivity contribution >= 4 is 16.9 Å². The lowest BCUT2D eigenvalue weighted by atomic mass is 9.89. The summed E-state index contributed by atoms with van der Waals surface area (Å²) in [7, 11) is 2.00. The van der Waals surface area contributed by atoms with Crippen LogP contribution >= 0.6 is 0 Å². The molecule has 2 aromatic heterocycles. The Morgan fingerprint density at radius 3 is 2.49 bits per heavy atom. The number of nitrogens with one attached hydrogen (secondary N) is 1. The number of rotatable bonds is 4. The number of carbonyl (C=O) groups excluding carboxylic acids is 1. The summed E-state index contributed by atoms with van der Waals surface area (Å²) in [5.74, 6) is -3.04. The fourth-order valence-electron chi connectivity index (χ4n) is 5.54. The van der Waals surface area contributed by atoms with Crippen LogP contribution in [0.15, 0.2) is 40.1 Å². The molecule has 0 radical (unpaired) electrons. The van der Waals surface area contributed by atoms with Crippen LogP contribution in [0.3, 0.4) is 0 Å². The second kappa shape index (κ2) is 10.1. The molecule has 3 aromatic rings. The number of likely N-dealkylation sites (tertiary alicyclic amines) is 1. The van der Waals surface area contributed by atoms with Crippen LogP contribution in [0.5, 0.6) is 0 Å². The number of aromatic nitrogens is 3. The van der Waals surface area contributed by atoms with Crippen LogP contribution in [0.2, 0.25) is 0 Å². The summed E-state index contributed by atoms with van der Waals surface area (Å²) in [6.07, 6.45) is 4.70. The first-order valence-electron chi connectivity index (χ1n) is 12.5. The topological polar surface area (TPSA) is 89.2 Å². The molecule has 5 rings (SSSR count). The van der Waals surface area contributed by atoms with E-state index >= 15 is 0 Å². The molecule has 0 bridgehead atoms. The van der Waals surface area contributed by atoms with Gasteiger partial charge in [0.1, 0.15) is 5.82 Å². The third kappa shape index (κ3) is 4.92. The Morgan fingerprint density at radius 2 is 1.78 bits per heavy atom. The molecule has 37 heavy (non-hydrogen) atoms. The molecule has 1 aliphatic carbocycles. The lowest BCUT2D eigenvalue weighted by Crippen LogP contribution is -2.47. The number of hydrogen-bond donors (Lipinski definition) is 1. The van der Waals surface area contributed by atoms with Crippen molar-refractivity contribution in [2.75, 3.05) is 20.1 Å². The Balaban J connectivity index is 1.44. The minimum Gasteiger partial charge on any atom is -0.353 e. The molecule has 2 aliphatic rings. The van der Waals surface area contributed by atoms with Gasteiger partial charge in [-0.25, -0.2) is 27.5 Å². The molecule has 1 aliphatic heterocycles. The van der Waals surface area contributed by atoms with Gasteiger partial charge in [-0.15, -0.1) is 0 Å². The van der Waals surface area contributed by atoms with Gasteiger partial charge in [0.05, 0.1) is 23.2 Å². The Kier molecular flexibility index (Phi) is 6.89. The number of pyridine rings is 1. The van der Waals surface area contributed by atoms with Gasteiger partial charge in [0.15, 0.2) is 17.3 Å². The average molecular weight is 516 g/mol. The summed E-state index contributed by atoms with van der Waals surface area (Å²) < 4.78 is 43.7. The Hall–Kier alpha value is -3.47. The van der Waals surface area contributed by atoms with Gasteiger partial charge in [-0.2, -0.15) is 0 Å². The molecule has 8 nitrogen and oxygen atoms in total. The lowest BCUT2D eigenvalue weighted by Gasteiger charge is -2.33. The molecule has 1 atom stereocenters. The maximum absolute atomic E-state index is 14.0. The van der Waals surface area contributed by atoms with Crippen molar-refractivity contribution in [2.45, 2.75) is 50.6 Å². The van der Waals surface area contributed by atoms with E-state index in [9.17, 15) is 27.6 Å². The maximum Gasteiger partial charge on any atom is 0.337 e. The predicted molar refractivity (Wildman–Crippen MR) is 131 cm³/mol. The van der Waals surface area contributed by atoms with Crippen molar-refractivity contribution in [2.24, 2.45) is 5.92 Å². The number of piperidine rings is 1. The van der Waals surface area contributed by atoms with Gasteiger partial charge >= 0.3 is 5.69 Å². The Morgan fingerprint density at radius 1 is 1.03 bits per heavy atom. The zero-order valence-corrected chi connectivity index (χ0v) is 20.4. The quantitative estimate of drug-likeness (QED) is 0.577. The predicted octanol–water partition coefficient (Wildman–Crippen LogP) is 2.91. The normalized spacial score (nSPS) is 22.8. The van der Waals surface area contributed by atoms with Crippen LogP contribution < -0.4 is 16.6 Å². The van der Waals surface area contributed by atoms with E-state index in [0.29, 0.717) is 25.7 Å². The maximum atomic E-state index is 14.0. The molecule has 196 valence electrons. The van der Waals surface area contributed by atoms with Crippen molar-refractivity contribution in [3.63, 3.8) is 0 Å². The molecule has 1 saturated carbocycles. The van der Waals surface area contributed by atoms with Gasteiger partial charge < -0.3 is 10.2 Å². The van der Waals surface area contributed by atoms with Gasteiger partial charge in [-0.05, 0) is 70.3 Å². The first-order valence-corrected chi connectivity index (χ1v) is 12.5. The first kappa shape index (κ1) is 25.2. The van der Waals surface area contributed by atoms with Crippen molar-refractivity contribution in [3.8, 4) is 5.69 Å². The second-order valence-electron chi connectivity index (χ2n) is 10.0. The van der Waals surface area contributed by atoms with E-state index in [-0.39, 0.29) is 34.6 Å². The molecular formula is C26H28F3N5O3. The standard InChI is InChI=1S/C26H28F3N5O3/c1-32-10-2-3-15(14-32)24(35)31-17-4-6-18(7-5-17)34-25(36)20-11-16(27)13-30-23(20)33(26(34)37)19-8-9-21(28)22(29)12-19/h8-9,11-13,15,17-18H,2-7,10,14H2,1H3,(H,31,35)/t15?,17-,18+. The summed E-state index contributed by atoms with van der Waals surface area (Å²) >= 11 is 0. The van der Waals surface area contributed by atoms with Gasteiger partial charge in [-0.1, -0.05) is 0 Å². The molecule has 1 aromatic carbocycles. The van der Waals surface area contributed by atoms with Crippen LogP contribution in [0.4, 0.5) is 13.2 Å². The average Bonchev–Trinajstić information content (AvgIpc) is 2.87. The summed E-state index contributed by atoms with van der Waals surface area (Å²) in [4.78, 5) is 45.7. The zero-order chi connectivity index (χ0) is 26.3. The Labute approximate surface area is 210 Å². The molecule has 11 heteroatoms. The monoisotopic (exact) mass is 515 g/mol. The van der Waals surface area contributed by atoms with E-state index < -0.39 is 34.7 Å². The molecular weight excluding hydrogens is 487 g/mol. The fourth-order valence-corrected chi connectivity index (χ4v) is 5.54. The fraction of sp³-hybridized carbons (Fsp3) is 0.462. The van der Waals surface area contributed by atoms with E-state index in [1.807, 2.05) is 7.05 Å². The molecule has 1 saturated heterocycles. The highest BCUT2D eigenvalue weighted by molar-refractivity contribution is 5.79. The van der Waals surface area contributed by atoms with Crippen LogP contribution in [-0.4, -0.2) is 51.1 Å². The number of fused-ring (bicyclic) bond motifs is 1. The highest BCUT2D eigenvalue weighted by Gasteiger charge is 2.30. The number of benzene rings is 1. The van der Waals surface area contributed by atoms with Gasteiger partial charge in [0.2, 0.25) is 5.91 Å². The van der Waals surface area contributed by atoms with Crippen molar-refractivity contribution in [1.82, 2.24) is 24.3 Å². The highest BCUT2D eigenvalue weighted by atomic mass is 19.2. The van der Waals surface area contributed by atoms with Crippen LogP contribution in [0.1, 0.15) is 44.6 Å². The Bertz CT molecular complexity index is 1460. The highest BCUT2D eigenvalue weighted by Crippen LogP contribution is 2.28. The van der Waals surface area contributed by atoms with Crippen molar-refractivity contribution < 1.29 is 18.0 Å². The van der Waals surface area contributed by atoms with Gasteiger partial charge in [-0.3, -0.25) is 14.2 Å². The number of carbonyl (C=O) groups is 1. The zero-order valence-electron chi connectivity index (χ0n) is 20.4. The molecule has 2 fully saturated rings. The summed E-state index contributed by atoms with van der Waals surface area (Å²) in [6, 6.07) is 3.33. The van der Waals surface area contributed by atoms with Crippen molar-refractivity contribution in [1.29, 1.82) is 0 Å². The third-order valence-electron chi connectivity index (χ3n) is 7.46. The van der Waals surface area contributed by atoms with Crippen LogP contribution in [0.25, 0.3) is 16.7 Å². The first-order chi connectivity index (χ1) is 17.7. The number of hydrogen-bond acceptors (Lipinski definition) is 5. The van der Waals surface area contributed by atoms with Gasteiger partial charge in [0, 0.05) is 24.7 Å². The van der Waals surface area contributed by atoms with Crippen LogP contribution in [0, 0.1) is 23.4 Å². The minimum atomic E-state index is -1.17. The van der Waals surface area contributed by atoms with E-state index in [4.69, 9.17) is 0 Å². The number of nitrogens with zero attached hydrogens (tertiary/aromatic N) is 4. The van der Waals surface area contributed by atoms with Crippen molar-refractivity contribution in [3.05, 3.63) is 68.8 Å². The second-order valence-corrected chi connectivity index (χ2v) is 10.0. The smallest absolute Gasteiger partial charge is 0.337 e. The van der Waals surface area contributed by atoms with E-state index in [1.54, 1.807) is 0 Å². The summed E-state index contributed by atoms with van der Waals surface area (Å²) in [6.45, 7) is 1.71. The molecule has 0 spiro atoms. The van der Waals surface area contributed by atoms with Crippen LogP contribution in [-0.2, 0) is 4.79 Å². The number of amides is 1. The molecule has 1 amide bonds. The molecule has 1 unspecified atom stereocenters. The minimum absolute atomic E-state index is 0.0276. The van der Waals surface area contributed by atoms with E-state index in [2.05, 4.69) is 15.2 Å². The summed E-state index contributed by atoms with van der Waals surface area (Å²) in [5, 5.41) is 2.99. The van der Waals surface area contributed by atoms with Gasteiger partial charge in [0.25, 0.3) is 5.56 Å². The number of halogens is 3. The SMILES string of the molecule is CN1CCCC(C(=O)N[C@H]2CC[C@@H](n3c(=O)c4cc(F)cnc4n(-c4ccc(F)c(F)c4)c3=O)CC2)C1. The third-order valence-corrected chi connectivity index (χ3v) is 7.46. The lowest BCUT2D eigenvalue weighted by molar-refractivity contribution is -0.127. The molecule has 1 N–H and O–H groups in total. The molecule has 3 heterocycles. The van der Waals surface area contributed by atoms with E-state index in [0.717, 1.165) is 59.5 Å².